The molecule has 97 heavy (non-hydrogen) atoms. The predicted octanol–water partition coefficient (Wildman–Crippen LogP) is 15.6. The molecule has 0 N–H and O–H groups in total. The third kappa shape index (κ3) is 9.33. The number of rotatable bonds is 13. The van der Waals surface area contributed by atoms with E-state index in [-0.39, 0.29) is 20.1 Å². The molecule has 19 rings (SSSR count). The zero-order chi connectivity index (χ0) is 63.9. The molecule has 0 bridgehead atoms. The molecule has 0 aliphatic heterocycles. The van der Waals surface area contributed by atoms with Gasteiger partial charge in [0.05, 0.1) is 44.1 Å². The molecule has 0 fully saturated rings. The Labute approximate surface area is 564 Å². The highest BCUT2D eigenvalue weighted by atomic mass is 15.0. The quantitative estimate of drug-likeness (QED) is 0.103. The minimum absolute atomic E-state index is 0.0162. The van der Waals surface area contributed by atoms with Crippen molar-refractivity contribution in [1.82, 2.24) is 18.3 Å². The van der Waals surface area contributed by atoms with E-state index in [1.165, 1.54) is 109 Å². The summed E-state index contributed by atoms with van der Waals surface area (Å²) in [4.78, 5) is 0. The highest BCUT2D eigenvalue weighted by Crippen LogP contribution is 2.44. The molecule has 0 amide bonds. The van der Waals surface area contributed by atoms with Crippen LogP contribution in [-0.4, -0.2) is 38.4 Å². The Hall–Kier alpha value is -12.3. The summed E-state index contributed by atoms with van der Waals surface area (Å²) in [5.74, 6) is 0. The van der Waals surface area contributed by atoms with Crippen LogP contribution in [0.3, 0.4) is 0 Å². The lowest BCUT2D eigenvalue weighted by Crippen LogP contribution is -2.51. The van der Waals surface area contributed by atoms with Gasteiger partial charge in [0.25, 0.3) is 0 Å². The molecule has 450 valence electrons. The van der Waals surface area contributed by atoms with E-state index in [0.29, 0.717) is 0 Å². The fraction of sp³-hybridized carbons (Fsp3) is 0. The van der Waals surface area contributed by atoms with E-state index < -0.39 is 0 Å². The third-order valence-corrected chi connectivity index (χ3v) is 20.5. The van der Waals surface area contributed by atoms with E-state index in [4.69, 9.17) is 0 Å². The largest absolute Gasteiger partial charge is 0.309 e. The van der Waals surface area contributed by atoms with Crippen LogP contribution in [-0.2, 0) is 0 Å². The molecule has 4 aromatic heterocycles. The van der Waals surface area contributed by atoms with Crippen LogP contribution in [0.1, 0.15) is 0 Å². The van der Waals surface area contributed by atoms with Crippen molar-refractivity contribution in [2.24, 2.45) is 0 Å². The molecule has 7 heteroatoms. The van der Waals surface area contributed by atoms with Crippen molar-refractivity contribution >= 4 is 157 Å². The fourth-order valence-electron chi connectivity index (χ4n) is 16.3. The van der Waals surface area contributed by atoms with Crippen LogP contribution in [0.2, 0.25) is 0 Å². The molecule has 15 aromatic carbocycles. The second-order valence-electron chi connectivity index (χ2n) is 25.9. The molecule has 0 aliphatic rings. The standard InChI is InChI=1S/C90H61B3N4/c1-9-27-62(28-10-1)91(63-29-11-2-12-30-63)68-47-53-87-77(57-68)75-50-56-88-89(90(75)97(87)74-49-55-86-81(61-74)79-59-70(46-52-84(79)95(86)72-41-23-8-24-42-72)93(66-35-17-5-18-36-66)67-37-19-6-20-38-67)76-43-25-26-44-82(76)96(88)73-48-54-85-80(60-73)78-58-69(45-51-83(78)94(85)71-39-21-7-22-40-71)92(64-31-13-3-14-32-64)65-33-15-4-16-34-65/h1-61H. The first-order valence-electron chi connectivity index (χ1n) is 33.7. The van der Waals surface area contributed by atoms with Gasteiger partial charge in [0, 0.05) is 65.8 Å². The fourth-order valence-corrected chi connectivity index (χ4v) is 16.3. The summed E-state index contributed by atoms with van der Waals surface area (Å²) in [5, 5.41) is 9.63. The molecule has 0 spiro atoms. The normalized spacial score (nSPS) is 11.7. The zero-order valence-electron chi connectivity index (χ0n) is 53.2. The van der Waals surface area contributed by atoms with E-state index in [1.54, 1.807) is 0 Å². The molecule has 19 aromatic rings. The minimum atomic E-state index is 0.0162. The Kier molecular flexibility index (Phi) is 13.5. The van der Waals surface area contributed by atoms with E-state index in [9.17, 15) is 0 Å². The number of hydrogen-bond donors (Lipinski definition) is 0. The topological polar surface area (TPSA) is 19.7 Å². The van der Waals surface area contributed by atoms with Gasteiger partial charge in [-0.1, -0.05) is 328 Å². The SMILES string of the molecule is c1ccc(B(c2ccccc2)c2ccc3c(c2)c2cc(-n4c5ccccc5c5c4ccc4c6cc(B(c7ccccc7)c7ccccc7)ccc6n(-c6ccc7c(c6)c6cc(B(c8ccccc8)c8ccccc8)ccc6n7-c6ccccc6)c45)ccc2n3-c2ccccc2)cc1. The first-order valence-corrected chi connectivity index (χ1v) is 33.7. The van der Waals surface area contributed by atoms with Crippen LogP contribution in [0.15, 0.2) is 370 Å². The molecule has 0 aliphatic carbocycles. The van der Waals surface area contributed by atoms with Crippen molar-refractivity contribution in [2.45, 2.75) is 0 Å². The van der Waals surface area contributed by atoms with Gasteiger partial charge in [-0.3, -0.25) is 0 Å². The number of aromatic nitrogens is 4. The first kappa shape index (κ1) is 56.3. The maximum Gasteiger partial charge on any atom is 0.241 e. The van der Waals surface area contributed by atoms with Crippen molar-refractivity contribution in [1.29, 1.82) is 0 Å². The Balaban J connectivity index is 0.879. The zero-order valence-corrected chi connectivity index (χ0v) is 53.2. The lowest BCUT2D eigenvalue weighted by atomic mass is 9.37. The van der Waals surface area contributed by atoms with Gasteiger partial charge < -0.3 is 18.3 Å². The highest BCUT2D eigenvalue weighted by molar-refractivity contribution is 6.97. The van der Waals surface area contributed by atoms with E-state index in [1.807, 2.05) is 0 Å². The summed E-state index contributed by atoms with van der Waals surface area (Å²) < 4.78 is 10.0. The maximum atomic E-state index is 2.59. The molecule has 4 nitrogen and oxygen atoms in total. The van der Waals surface area contributed by atoms with Crippen LogP contribution in [0, 0.1) is 0 Å². The Morgan fingerprint density at radius 2 is 0.423 bits per heavy atom. The predicted molar refractivity (Wildman–Crippen MR) is 416 cm³/mol. The van der Waals surface area contributed by atoms with Gasteiger partial charge in [0.2, 0.25) is 20.1 Å². The maximum absolute atomic E-state index is 2.59. The summed E-state index contributed by atoms with van der Waals surface area (Å²) in [6, 6.07) is 138. The van der Waals surface area contributed by atoms with Crippen LogP contribution in [0.5, 0.6) is 0 Å². The number of benzene rings is 15. The van der Waals surface area contributed by atoms with E-state index in [0.717, 1.165) is 50.3 Å². The molecule has 0 unspecified atom stereocenters. The second-order valence-corrected chi connectivity index (χ2v) is 25.9. The van der Waals surface area contributed by atoms with Gasteiger partial charge in [-0.2, -0.15) is 0 Å². The smallest absolute Gasteiger partial charge is 0.241 e. The number of fused-ring (bicyclic) bond motifs is 13. The molecule has 4 heterocycles. The average molecular weight is 1230 g/mol. The third-order valence-electron chi connectivity index (χ3n) is 20.5. The average Bonchev–Trinajstić information content (AvgIpc) is 1.54. The molecular formula is C90H61B3N4. The summed E-state index contributed by atoms with van der Waals surface area (Å²) in [5.41, 5.74) is 25.1. The van der Waals surface area contributed by atoms with Crippen LogP contribution < -0.4 is 49.2 Å². The summed E-state index contributed by atoms with van der Waals surface area (Å²) in [6.45, 7) is 0.0928. The van der Waals surface area contributed by atoms with Crippen LogP contribution in [0.4, 0.5) is 0 Å². The number of hydrogen-bond acceptors (Lipinski definition) is 0. The monoisotopic (exact) mass is 1230 g/mol. The summed E-state index contributed by atoms with van der Waals surface area (Å²) >= 11 is 0. The van der Waals surface area contributed by atoms with Gasteiger partial charge in [-0.15, -0.1) is 0 Å². The minimum Gasteiger partial charge on any atom is -0.309 e. The van der Waals surface area contributed by atoms with Crippen LogP contribution in [0.25, 0.3) is 110 Å². The molecular weight excluding hydrogens is 1170 g/mol. The highest BCUT2D eigenvalue weighted by Gasteiger charge is 2.29. The number of para-hydroxylation sites is 3. The van der Waals surface area contributed by atoms with E-state index in [2.05, 4.69) is 388 Å². The summed E-state index contributed by atoms with van der Waals surface area (Å²) in [7, 11) is 0. The lowest BCUT2D eigenvalue weighted by molar-refractivity contribution is 1.16. The first-order chi connectivity index (χ1) is 48.2. The molecule has 0 saturated carbocycles. The second kappa shape index (κ2) is 23.3. The lowest BCUT2D eigenvalue weighted by Gasteiger charge is -2.16. The molecule has 0 radical (unpaired) electrons. The van der Waals surface area contributed by atoms with Crippen molar-refractivity contribution in [2.75, 3.05) is 0 Å². The molecule has 0 atom stereocenters. The Morgan fingerprint density at radius 3 is 0.804 bits per heavy atom. The van der Waals surface area contributed by atoms with Crippen molar-refractivity contribution in [3.05, 3.63) is 370 Å². The van der Waals surface area contributed by atoms with Crippen molar-refractivity contribution < 1.29 is 0 Å². The van der Waals surface area contributed by atoms with Gasteiger partial charge in [0.15, 0.2) is 0 Å². The van der Waals surface area contributed by atoms with Crippen LogP contribution >= 0.6 is 0 Å². The van der Waals surface area contributed by atoms with Gasteiger partial charge in [0.1, 0.15) is 0 Å². The Morgan fingerprint density at radius 1 is 0.155 bits per heavy atom. The Bertz CT molecular complexity index is 6050. The van der Waals surface area contributed by atoms with Gasteiger partial charge in [-0.05, 0) is 91.0 Å². The van der Waals surface area contributed by atoms with Gasteiger partial charge in [-0.25, -0.2) is 0 Å². The summed E-state index contributed by atoms with van der Waals surface area (Å²) in [6.07, 6.45) is 0. The van der Waals surface area contributed by atoms with Gasteiger partial charge >= 0.3 is 0 Å². The van der Waals surface area contributed by atoms with Crippen molar-refractivity contribution in [3.8, 4) is 22.7 Å². The van der Waals surface area contributed by atoms with Crippen molar-refractivity contribution in [3.63, 3.8) is 0 Å². The number of nitrogens with zero attached hydrogens (tertiary/aromatic N) is 4. The molecule has 0 saturated heterocycles. The van der Waals surface area contributed by atoms with E-state index >= 15 is 0 Å².